The maximum absolute atomic E-state index is 4.28. The summed E-state index contributed by atoms with van der Waals surface area (Å²) in [6, 6.07) is 1.90. The lowest BCUT2D eigenvalue weighted by molar-refractivity contribution is 0.741. The molecule has 0 aromatic carbocycles. The second-order valence-electron chi connectivity index (χ2n) is 3.26. The molecule has 0 saturated carbocycles. The largest absolute Gasteiger partial charge is 0.370 e. The van der Waals surface area contributed by atoms with Gasteiger partial charge in [-0.2, -0.15) is 0 Å². The van der Waals surface area contributed by atoms with Gasteiger partial charge in [0.05, 0.1) is 0 Å². The molecular formula is C10H16BrN3. The first-order valence-electron chi connectivity index (χ1n) is 4.97. The van der Waals surface area contributed by atoms with Crippen molar-refractivity contribution in [1.29, 1.82) is 0 Å². The average Bonchev–Trinajstić information content (AvgIpc) is 2.11. The van der Waals surface area contributed by atoms with E-state index in [1.54, 1.807) is 0 Å². The summed E-state index contributed by atoms with van der Waals surface area (Å²) in [5.74, 6) is 1.69. The molecule has 1 aromatic rings. The lowest BCUT2D eigenvalue weighted by Gasteiger charge is -2.05. The van der Waals surface area contributed by atoms with Crippen LogP contribution in [0, 0.1) is 6.92 Å². The summed E-state index contributed by atoms with van der Waals surface area (Å²) in [4.78, 5) is 8.42. The third-order valence-electron chi connectivity index (χ3n) is 1.89. The number of hydrogen-bond acceptors (Lipinski definition) is 3. The van der Waals surface area contributed by atoms with Crippen LogP contribution < -0.4 is 5.32 Å². The van der Waals surface area contributed by atoms with Gasteiger partial charge in [-0.1, -0.05) is 19.8 Å². The zero-order valence-electron chi connectivity index (χ0n) is 8.68. The Labute approximate surface area is 93.5 Å². The second kappa shape index (κ2) is 5.96. The number of rotatable bonds is 5. The molecule has 3 nitrogen and oxygen atoms in total. The summed E-state index contributed by atoms with van der Waals surface area (Å²) in [7, 11) is 0. The number of anilines is 1. The molecule has 0 fully saturated rings. The highest BCUT2D eigenvalue weighted by Crippen LogP contribution is 2.11. The Kier molecular flexibility index (Phi) is 4.87. The topological polar surface area (TPSA) is 37.8 Å². The highest BCUT2D eigenvalue weighted by molar-refractivity contribution is 9.10. The van der Waals surface area contributed by atoms with Crippen LogP contribution in [0.3, 0.4) is 0 Å². The second-order valence-corrected chi connectivity index (χ2v) is 4.07. The van der Waals surface area contributed by atoms with E-state index in [0.29, 0.717) is 0 Å². The summed E-state index contributed by atoms with van der Waals surface area (Å²) in [6.07, 6.45) is 3.70. The van der Waals surface area contributed by atoms with Crippen LogP contribution in [0.4, 0.5) is 5.82 Å². The molecule has 0 atom stereocenters. The zero-order valence-corrected chi connectivity index (χ0v) is 10.3. The minimum atomic E-state index is 0.789. The molecule has 0 radical (unpaired) electrons. The number of nitrogens with one attached hydrogen (secondary N) is 1. The Morgan fingerprint density at radius 1 is 1.36 bits per heavy atom. The van der Waals surface area contributed by atoms with E-state index in [9.17, 15) is 0 Å². The van der Waals surface area contributed by atoms with Gasteiger partial charge in [0, 0.05) is 12.6 Å². The third kappa shape index (κ3) is 4.05. The Balaban J connectivity index is 2.42. The van der Waals surface area contributed by atoms with Gasteiger partial charge in [-0.3, -0.25) is 0 Å². The molecule has 14 heavy (non-hydrogen) atoms. The summed E-state index contributed by atoms with van der Waals surface area (Å²) >= 11 is 3.34. The predicted molar refractivity (Wildman–Crippen MR) is 62.5 cm³/mol. The number of aryl methyl sites for hydroxylation is 1. The molecule has 1 heterocycles. The molecule has 0 aliphatic rings. The number of unbranched alkanes of at least 4 members (excludes halogenated alkanes) is 2. The molecular weight excluding hydrogens is 242 g/mol. The summed E-state index contributed by atoms with van der Waals surface area (Å²) < 4.78 is 0.836. The van der Waals surface area contributed by atoms with E-state index in [4.69, 9.17) is 0 Å². The summed E-state index contributed by atoms with van der Waals surface area (Å²) in [6.45, 7) is 5.07. The van der Waals surface area contributed by atoms with E-state index >= 15 is 0 Å². The Bertz CT molecular complexity index is 268. The summed E-state index contributed by atoms with van der Waals surface area (Å²) in [5.41, 5.74) is 0. The molecule has 4 heteroatoms. The first-order valence-corrected chi connectivity index (χ1v) is 5.76. The van der Waals surface area contributed by atoms with Crippen LogP contribution in [-0.4, -0.2) is 16.5 Å². The molecule has 0 unspecified atom stereocenters. The fraction of sp³-hybridized carbons (Fsp3) is 0.600. The van der Waals surface area contributed by atoms with E-state index < -0.39 is 0 Å². The molecule has 0 aliphatic carbocycles. The van der Waals surface area contributed by atoms with Crippen LogP contribution >= 0.6 is 15.9 Å². The third-order valence-corrected chi connectivity index (χ3v) is 2.30. The van der Waals surface area contributed by atoms with E-state index in [2.05, 4.69) is 38.1 Å². The smallest absolute Gasteiger partial charge is 0.130 e. The van der Waals surface area contributed by atoms with Gasteiger partial charge in [-0.25, -0.2) is 9.97 Å². The predicted octanol–water partition coefficient (Wildman–Crippen LogP) is 3.15. The number of aromatic nitrogens is 2. The zero-order chi connectivity index (χ0) is 10.4. The first kappa shape index (κ1) is 11.4. The SMILES string of the molecule is CCCCCNc1cc(Br)nc(C)n1. The number of nitrogens with zero attached hydrogens (tertiary/aromatic N) is 2. The van der Waals surface area contributed by atoms with Crippen molar-refractivity contribution in [3.63, 3.8) is 0 Å². The molecule has 1 aromatic heterocycles. The molecule has 0 saturated heterocycles. The van der Waals surface area contributed by atoms with Gasteiger partial charge >= 0.3 is 0 Å². The minimum Gasteiger partial charge on any atom is -0.370 e. The molecule has 78 valence electrons. The molecule has 0 aliphatic heterocycles. The van der Waals surface area contributed by atoms with Crippen LogP contribution in [0.2, 0.25) is 0 Å². The van der Waals surface area contributed by atoms with E-state index in [1.165, 1.54) is 19.3 Å². The van der Waals surface area contributed by atoms with Crippen molar-refractivity contribution in [2.24, 2.45) is 0 Å². The monoisotopic (exact) mass is 257 g/mol. The lowest BCUT2D eigenvalue weighted by atomic mass is 10.2. The Morgan fingerprint density at radius 2 is 2.14 bits per heavy atom. The quantitative estimate of drug-likeness (QED) is 0.651. The van der Waals surface area contributed by atoms with Crippen molar-refractivity contribution in [2.45, 2.75) is 33.1 Å². The number of halogens is 1. The minimum absolute atomic E-state index is 0.789. The first-order chi connectivity index (χ1) is 6.72. The van der Waals surface area contributed by atoms with Crippen molar-refractivity contribution < 1.29 is 0 Å². The van der Waals surface area contributed by atoms with E-state index in [1.807, 2.05) is 13.0 Å². The fourth-order valence-electron chi connectivity index (χ4n) is 1.21. The maximum Gasteiger partial charge on any atom is 0.130 e. The van der Waals surface area contributed by atoms with Crippen LogP contribution in [0.25, 0.3) is 0 Å². The lowest BCUT2D eigenvalue weighted by Crippen LogP contribution is -2.04. The molecule has 1 rings (SSSR count). The van der Waals surface area contributed by atoms with Gasteiger partial charge in [0.25, 0.3) is 0 Å². The van der Waals surface area contributed by atoms with E-state index in [0.717, 1.165) is 22.8 Å². The van der Waals surface area contributed by atoms with E-state index in [-0.39, 0.29) is 0 Å². The highest BCUT2D eigenvalue weighted by atomic mass is 79.9. The molecule has 0 spiro atoms. The van der Waals surface area contributed by atoms with Gasteiger partial charge in [0.1, 0.15) is 16.2 Å². The van der Waals surface area contributed by atoms with Crippen molar-refractivity contribution >= 4 is 21.7 Å². The van der Waals surface area contributed by atoms with Crippen molar-refractivity contribution in [2.75, 3.05) is 11.9 Å². The van der Waals surface area contributed by atoms with Crippen LogP contribution in [-0.2, 0) is 0 Å². The molecule has 0 bridgehead atoms. The van der Waals surface area contributed by atoms with Gasteiger partial charge in [-0.05, 0) is 29.3 Å². The van der Waals surface area contributed by atoms with Crippen LogP contribution in [0.15, 0.2) is 10.7 Å². The average molecular weight is 258 g/mol. The van der Waals surface area contributed by atoms with Crippen LogP contribution in [0.1, 0.15) is 32.0 Å². The van der Waals surface area contributed by atoms with Crippen molar-refractivity contribution in [1.82, 2.24) is 9.97 Å². The van der Waals surface area contributed by atoms with Gasteiger partial charge in [-0.15, -0.1) is 0 Å². The molecule has 0 amide bonds. The summed E-state index contributed by atoms with van der Waals surface area (Å²) in [5, 5.41) is 3.28. The fourth-order valence-corrected chi connectivity index (χ4v) is 1.69. The van der Waals surface area contributed by atoms with Gasteiger partial charge < -0.3 is 5.32 Å². The maximum atomic E-state index is 4.28. The Hall–Kier alpha value is -0.640. The highest BCUT2D eigenvalue weighted by Gasteiger charge is 1.97. The van der Waals surface area contributed by atoms with Crippen LogP contribution in [0.5, 0.6) is 0 Å². The molecule has 1 N–H and O–H groups in total. The van der Waals surface area contributed by atoms with Gasteiger partial charge in [0.2, 0.25) is 0 Å². The Morgan fingerprint density at radius 3 is 2.79 bits per heavy atom. The number of hydrogen-bond donors (Lipinski definition) is 1. The normalized spacial score (nSPS) is 10.2. The standard InChI is InChI=1S/C10H16BrN3/c1-3-4-5-6-12-10-7-9(11)13-8(2)14-10/h7H,3-6H2,1-2H3,(H,12,13,14). The van der Waals surface area contributed by atoms with Gasteiger partial charge in [0.15, 0.2) is 0 Å². The van der Waals surface area contributed by atoms with Crippen molar-refractivity contribution in [3.05, 3.63) is 16.5 Å². The van der Waals surface area contributed by atoms with Crippen molar-refractivity contribution in [3.8, 4) is 0 Å².